The van der Waals surface area contributed by atoms with Crippen LogP contribution in [-0.2, 0) is 4.79 Å². The third kappa shape index (κ3) is 2.48. The first-order chi connectivity index (χ1) is 7.58. The Kier molecular flexibility index (Phi) is 3.68. The predicted octanol–water partition coefficient (Wildman–Crippen LogP) is 2.48. The third-order valence-corrected chi connectivity index (χ3v) is 4.46. The molecular formula is C14H25NO. The fraction of sp³-hybridized carbons (Fsp3) is 0.929. The molecule has 2 nitrogen and oxygen atoms in total. The van der Waals surface area contributed by atoms with Gasteiger partial charge in [0.1, 0.15) is 5.78 Å². The van der Waals surface area contributed by atoms with Crippen LogP contribution in [0, 0.1) is 29.6 Å². The van der Waals surface area contributed by atoms with E-state index in [4.69, 9.17) is 0 Å². The van der Waals surface area contributed by atoms with Gasteiger partial charge in [0.2, 0.25) is 0 Å². The van der Waals surface area contributed by atoms with Crippen LogP contribution in [-0.4, -0.2) is 18.9 Å². The molecule has 4 atom stereocenters. The fourth-order valence-corrected chi connectivity index (χ4v) is 3.67. The van der Waals surface area contributed by atoms with Gasteiger partial charge in [-0.3, -0.25) is 4.79 Å². The summed E-state index contributed by atoms with van der Waals surface area (Å²) in [4.78, 5) is 12.5. The van der Waals surface area contributed by atoms with Gasteiger partial charge in [-0.2, -0.15) is 0 Å². The molecule has 0 radical (unpaired) electrons. The van der Waals surface area contributed by atoms with Gasteiger partial charge in [0, 0.05) is 18.4 Å². The molecule has 0 aromatic carbocycles. The molecule has 1 aliphatic heterocycles. The summed E-state index contributed by atoms with van der Waals surface area (Å²) in [5.41, 5.74) is 0. The topological polar surface area (TPSA) is 29.1 Å². The van der Waals surface area contributed by atoms with E-state index in [9.17, 15) is 4.79 Å². The van der Waals surface area contributed by atoms with Crippen LogP contribution in [0.2, 0.25) is 0 Å². The highest BCUT2D eigenvalue weighted by Crippen LogP contribution is 2.36. The average molecular weight is 223 g/mol. The van der Waals surface area contributed by atoms with E-state index in [1.807, 2.05) is 0 Å². The summed E-state index contributed by atoms with van der Waals surface area (Å²) in [5, 5.41) is 3.34. The molecule has 0 spiro atoms. The van der Waals surface area contributed by atoms with Crippen molar-refractivity contribution in [3.63, 3.8) is 0 Å². The Hall–Kier alpha value is -0.370. The first-order valence-corrected chi connectivity index (χ1v) is 6.82. The van der Waals surface area contributed by atoms with E-state index in [1.54, 1.807) is 0 Å². The Morgan fingerprint density at radius 2 is 1.62 bits per heavy atom. The number of hydrogen-bond donors (Lipinski definition) is 1. The van der Waals surface area contributed by atoms with Gasteiger partial charge in [0.15, 0.2) is 0 Å². The fourth-order valence-electron chi connectivity index (χ4n) is 3.67. The van der Waals surface area contributed by atoms with Crippen molar-refractivity contribution in [1.82, 2.24) is 5.32 Å². The van der Waals surface area contributed by atoms with Gasteiger partial charge in [-0.1, -0.05) is 20.8 Å². The van der Waals surface area contributed by atoms with Gasteiger partial charge in [0.05, 0.1) is 0 Å². The minimum absolute atomic E-state index is 0.294. The third-order valence-electron chi connectivity index (χ3n) is 4.46. The van der Waals surface area contributed by atoms with Crippen molar-refractivity contribution in [3.05, 3.63) is 0 Å². The second kappa shape index (κ2) is 4.87. The molecule has 16 heavy (non-hydrogen) atoms. The van der Waals surface area contributed by atoms with Crippen LogP contribution in [0.15, 0.2) is 0 Å². The molecule has 1 saturated carbocycles. The molecule has 0 aromatic heterocycles. The second-order valence-electron chi connectivity index (χ2n) is 6.26. The highest BCUT2D eigenvalue weighted by atomic mass is 16.1. The van der Waals surface area contributed by atoms with Crippen molar-refractivity contribution in [3.8, 4) is 0 Å². The summed E-state index contributed by atoms with van der Waals surface area (Å²) in [5.74, 6) is 3.22. The van der Waals surface area contributed by atoms with Crippen molar-refractivity contribution < 1.29 is 4.79 Å². The first-order valence-electron chi connectivity index (χ1n) is 6.82. The standard InChI is InChI=1S/C14H25NO/c1-9-4-10(2)6-12(5-9)14(16)13-8-15-7-11(13)3/h9-13,15H,4-8H2,1-3H3. The molecule has 2 aliphatic rings. The van der Waals surface area contributed by atoms with Crippen molar-refractivity contribution in [1.29, 1.82) is 0 Å². The number of ketones is 1. The Morgan fingerprint density at radius 1 is 1.00 bits per heavy atom. The van der Waals surface area contributed by atoms with Gasteiger partial charge < -0.3 is 5.32 Å². The Bertz CT molecular complexity index is 253. The van der Waals surface area contributed by atoms with Crippen molar-refractivity contribution in [2.75, 3.05) is 13.1 Å². The van der Waals surface area contributed by atoms with Gasteiger partial charge >= 0.3 is 0 Å². The summed E-state index contributed by atoms with van der Waals surface area (Å²) in [6.07, 6.45) is 3.57. The summed E-state index contributed by atoms with van der Waals surface area (Å²) in [6.45, 7) is 8.74. The van der Waals surface area contributed by atoms with Gasteiger partial charge in [0.25, 0.3) is 0 Å². The zero-order valence-electron chi connectivity index (χ0n) is 10.8. The molecule has 1 N–H and O–H groups in total. The SMILES string of the molecule is CC1CC(C)CC(C(=O)C2CNCC2C)C1. The zero-order valence-corrected chi connectivity index (χ0v) is 10.8. The minimum Gasteiger partial charge on any atom is -0.316 e. The van der Waals surface area contributed by atoms with Crippen LogP contribution in [0.25, 0.3) is 0 Å². The van der Waals surface area contributed by atoms with E-state index in [2.05, 4.69) is 26.1 Å². The maximum atomic E-state index is 12.5. The predicted molar refractivity (Wildman–Crippen MR) is 66.2 cm³/mol. The van der Waals surface area contributed by atoms with Crippen LogP contribution in [0.3, 0.4) is 0 Å². The number of carbonyl (C=O) groups is 1. The first kappa shape index (κ1) is 12.1. The van der Waals surface area contributed by atoms with Crippen LogP contribution < -0.4 is 5.32 Å². The van der Waals surface area contributed by atoms with E-state index in [0.717, 1.165) is 37.8 Å². The van der Waals surface area contributed by atoms with Gasteiger partial charge in [-0.05, 0) is 43.6 Å². The lowest BCUT2D eigenvalue weighted by atomic mass is 9.72. The van der Waals surface area contributed by atoms with E-state index in [1.165, 1.54) is 6.42 Å². The quantitative estimate of drug-likeness (QED) is 0.779. The van der Waals surface area contributed by atoms with E-state index >= 15 is 0 Å². The lowest BCUT2D eigenvalue weighted by Gasteiger charge is -2.32. The molecule has 2 rings (SSSR count). The van der Waals surface area contributed by atoms with Crippen LogP contribution in [0.4, 0.5) is 0 Å². The number of hydrogen-bond acceptors (Lipinski definition) is 2. The highest BCUT2D eigenvalue weighted by Gasteiger charge is 2.36. The van der Waals surface area contributed by atoms with Crippen LogP contribution in [0.1, 0.15) is 40.0 Å². The molecule has 4 unspecified atom stereocenters. The molecule has 1 saturated heterocycles. The highest BCUT2D eigenvalue weighted by molar-refractivity contribution is 5.84. The Labute approximate surface area is 99.2 Å². The molecule has 0 amide bonds. The van der Waals surface area contributed by atoms with Gasteiger partial charge in [-0.25, -0.2) is 0 Å². The van der Waals surface area contributed by atoms with Crippen molar-refractivity contribution in [2.45, 2.75) is 40.0 Å². The van der Waals surface area contributed by atoms with E-state index in [-0.39, 0.29) is 0 Å². The van der Waals surface area contributed by atoms with Crippen molar-refractivity contribution >= 4 is 5.78 Å². The number of nitrogens with one attached hydrogen (secondary N) is 1. The summed E-state index contributed by atoms with van der Waals surface area (Å²) in [6, 6.07) is 0. The monoisotopic (exact) mass is 223 g/mol. The molecule has 92 valence electrons. The average Bonchev–Trinajstić information content (AvgIpc) is 2.62. The number of carbonyl (C=O) groups excluding carboxylic acids is 1. The van der Waals surface area contributed by atoms with Gasteiger partial charge in [-0.15, -0.1) is 0 Å². The summed E-state index contributed by atoms with van der Waals surface area (Å²) >= 11 is 0. The zero-order chi connectivity index (χ0) is 11.7. The molecule has 1 heterocycles. The Balaban J connectivity index is 1.98. The molecule has 0 bridgehead atoms. The van der Waals surface area contributed by atoms with Crippen molar-refractivity contribution in [2.24, 2.45) is 29.6 Å². The summed E-state index contributed by atoms with van der Waals surface area (Å²) in [7, 11) is 0. The Morgan fingerprint density at radius 3 is 2.12 bits per heavy atom. The number of rotatable bonds is 2. The van der Waals surface area contributed by atoms with E-state index < -0.39 is 0 Å². The normalized spacial score (nSPS) is 44.6. The van der Waals surface area contributed by atoms with Crippen LogP contribution in [0.5, 0.6) is 0 Å². The lowest BCUT2D eigenvalue weighted by molar-refractivity contribution is -0.129. The van der Waals surface area contributed by atoms with E-state index in [0.29, 0.717) is 23.5 Å². The molecule has 2 fully saturated rings. The molecule has 2 heteroatoms. The lowest BCUT2D eigenvalue weighted by Crippen LogP contribution is -2.33. The maximum Gasteiger partial charge on any atom is 0.140 e. The largest absolute Gasteiger partial charge is 0.316 e. The second-order valence-corrected chi connectivity index (χ2v) is 6.26. The summed E-state index contributed by atoms with van der Waals surface area (Å²) < 4.78 is 0. The van der Waals surface area contributed by atoms with Crippen LogP contribution >= 0.6 is 0 Å². The number of Topliss-reactive ketones (excluding diaryl/α,β-unsaturated/α-hetero) is 1. The molecule has 0 aromatic rings. The minimum atomic E-state index is 0.294. The maximum absolute atomic E-state index is 12.5. The smallest absolute Gasteiger partial charge is 0.140 e. The molecule has 1 aliphatic carbocycles. The molecular weight excluding hydrogens is 198 g/mol.